The molecule has 1 atom stereocenters. The van der Waals surface area contributed by atoms with Crippen molar-refractivity contribution in [2.45, 2.75) is 52.8 Å². The van der Waals surface area contributed by atoms with E-state index >= 15 is 0 Å². The Kier molecular flexibility index (Phi) is 6.28. The fraction of sp³-hybridized carbons (Fsp3) is 0.733. The zero-order chi connectivity index (χ0) is 16.2. The van der Waals surface area contributed by atoms with Crippen LogP contribution >= 0.6 is 0 Å². The minimum Gasteiger partial charge on any atom is -0.314 e. The van der Waals surface area contributed by atoms with E-state index in [0.717, 1.165) is 29.9 Å². The van der Waals surface area contributed by atoms with Crippen molar-refractivity contribution in [3.05, 3.63) is 22.8 Å². The fourth-order valence-corrected chi connectivity index (χ4v) is 2.86. The third-order valence-electron chi connectivity index (χ3n) is 3.29. The van der Waals surface area contributed by atoms with Gasteiger partial charge in [-0.3, -0.25) is 0 Å². The lowest BCUT2D eigenvalue weighted by molar-refractivity contribution is 0.473. The van der Waals surface area contributed by atoms with Crippen molar-refractivity contribution in [1.82, 2.24) is 15.3 Å². The molecule has 1 heterocycles. The average Bonchev–Trinajstić information content (AvgIpc) is 2.29. The van der Waals surface area contributed by atoms with Crippen molar-refractivity contribution < 1.29 is 8.42 Å². The molecule has 0 spiro atoms. The van der Waals surface area contributed by atoms with Gasteiger partial charge in [0.05, 0.1) is 0 Å². The quantitative estimate of drug-likeness (QED) is 0.831. The van der Waals surface area contributed by atoms with E-state index in [4.69, 9.17) is 0 Å². The molecule has 5 nitrogen and oxygen atoms in total. The minimum absolute atomic E-state index is 0.0978. The van der Waals surface area contributed by atoms with Crippen LogP contribution in [0.2, 0.25) is 0 Å². The maximum absolute atomic E-state index is 11.3. The normalized spacial score (nSPS) is 13.7. The first-order chi connectivity index (χ1) is 9.58. The number of rotatable bonds is 7. The highest BCUT2D eigenvalue weighted by Gasteiger charge is 2.14. The van der Waals surface area contributed by atoms with Gasteiger partial charge in [0.25, 0.3) is 0 Å². The van der Waals surface area contributed by atoms with Gasteiger partial charge in [-0.15, -0.1) is 0 Å². The van der Waals surface area contributed by atoms with Crippen molar-refractivity contribution in [2.75, 3.05) is 12.8 Å². The number of aryl methyl sites for hydroxylation is 2. The Bertz CT molecular complexity index is 560. The van der Waals surface area contributed by atoms with Crippen LogP contribution in [0.5, 0.6) is 0 Å². The predicted molar refractivity (Wildman–Crippen MR) is 86.1 cm³/mol. The average molecular weight is 313 g/mol. The molecule has 1 rings (SSSR count). The Morgan fingerprint density at radius 1 is 1.10 bits per heavy atom. The van der Waals surface area contributed by atoms with Gasteiger partial charge in [-0.1, -0.05) is 20.8 Å². The largest absolute Gasteiger partial charge is 0.314 e. The van der Waals surface area contributed by atoms with Crippen LogP contribution in [0, 0.1) is 19.8 Å². The van der Waals surface area contributed by atoms with Crippen LogP contribution in [0.15, 0.2) is 0 Å². The Labute approximate surface area is 128 Å². The summed E-state index contributed by atoms with van der Waals surface area (Å²) in [6.07, 6.45) is 2.10. The first-order valence-corrected chi connectivity index (χ1v) is 9.38. The molecule has 1 N–H and O–H groups in total. The highest BCUT2D eigenvalue weighted by Crippen LogP contribution is 2.16. The first-order valence-electron chi connectivity index (χ1n) is 7.32. The highest BCUT2D eigenvalue weighted by atomic mass is 32.2. The number of hydrogen-bond donors (Lipinski definition) is 1. The van der Waals surface area contributed by atoms with E-state index in [1.54, 1.807) is 0 Å². The molecule has 6 heteroatoms. The maximum atomic E-state index is 11.3. The number of nitrogens with zero attached hydrogens (tertiary/aromatic N) is 2. The molecule has 1 aromatic rings. The molecule has 0 fully saturated rings. The molecular formula is C15H27N3O2S. The van der Waals surface area contributed by atoms with E-state index in [1.165, 1.54) is 6.26 Å². The van der Waals surface area contributed by atoms with Gasteiger partial charge < -0.3 is 5.32 Å². The zero-order valence-corrected chi connectivity index (χ0v) is 14.7. The van der Waals surface area contributed by atoms with Gasteiger partial charge in [-0.2, -0.15) is 0 Å². The molecule has 120 valence electrons. The summed E-state index contributed by atoms with van der Waals surface area (Å²) in [7, 11) is -3.10. The molecule has 21 heavy (non-hydrogen) atoms. The summed E-state index contributed by atoms with van der Waals surface area (Å²) in [5.41, 5.74) is 2.90. The molecule has 0 radical (unpaired) electrons. The number of nitrogens with one attached hydrogen (secondary N) is 1. The van der Waals surface area contributed by atoms with Crippen molar-refractivity contribution >= 4 is 9.84 Å². The van der Waals surface area contributed by atoms with E-state index in [0.29, 0.717) is 17.8 Å². The van der Waals surface area contributed by atoms with E-state index in [-0.39, 0.29) is 5.75 Å². The van der Waals surface area contributed by atoms with E-state index in [9.17, 15) is 8.42 Å². The molecule has 0 amide bonds. The van der Waals surface area contributed by atoms with Gasteiger partial charge in [-0.25, -0.2) is 18.4 Å². The van der Waals surface area contributed by atoms with Crippen molar-refractivity contribution in [3.8, 4) is 0 Å². The predicted octanol–water partition coefficient (Wildman–Crippen LogP) is 1.81. The van der Waals surface area contributed by atoms with Gasteiger partial charge in [0.1, 0.15) is 11.6 Å². The third-order valence-corrected chi connectivity index (χ3v) is 4.07. The topological polar surface area (TPSA) is 72.0 Å². The molecule has 0 saturated carbocycles. The second-order valence-corrected chi connectivity index (χ2v) is 8.37. The molecule has 1 aromatic heterocycles. The molecule has 0 saturated heterocycles. The Balaban J connectivity index is 2.85. The summed E-state index contributed by atoms with van der Waals surface area (Å²) in [6.45, 7) is 11.3. The lowest BCUT2D eigenvalue weighted by Gasteiger charge is -2.17. The van der Waals surface area contributed by atoms with Gasteiger partial charge in [0, 0.05) is 23.7 Å². The van der Waals surface area contributed by atoms with Crippen molar-refractivity contribution in [1.29, 1.82) is 0 Å². The van der Waals surface area contributed by atoms with E-state index in [1.807, 2.05) is 13.8 Å². The Morgan fingerprint density at radius 3 is 2.05 bits per heavy atom. The SMILES string of the molecule is Cc1nc(CS(C)(=O)=O)nc(C)c1CC(C)CNC(C)C. The van der Waals surface area contributed by atoms with Crippen LogP contribution < -0.4 is 5.32 Å². The fourth-order valence-electron chi connectivity index (χ4n) is 2.26. The summed E-state index contributed by atoms with van der Waals surface area (Å²) >= 11 is 0. The smallest absolute Gasteiger partial charge is 0.154 e. The minimum atomic E-state index is -3.10. The lowest BCUT2D eigenvalue weighted by Crippen LogP contribution is -2.29. The molecule has 0 aliphatic carbocycles. The number of aromatic nitrogens is 2. The van der Waals surface area contributed by atoms with Gasteiger partial charge in [0.15, 0.2) is 9.84 Å². The lowest BCUT2D eigenvalue weighted by atomic mass is 9.98. The second-order valence-electron chi connectivity index (χ2n) is 6.23. The van der Waals surface area contributed by atoms with Gasteiger partial charge >= 0.3 is 0 Å². The Hall–Kier alpha value is -1.01. The number of sulfone groups is 1. The second kappa shape index (κ2) is 7.31. The van der Waals surface area contributed by atoms with Crippen molar-refractivity contribution in [2.24, 2.45) is 5.92 Å². The van der Waals surface area contributed by atoms with Crippen LogP contribution in [0.1, 0.15) is 43.5 Å². The highest BCUT2D eigenvalue weighted by molar-refractivity contribution is 7.89. The third kappa shape index (κ3) is 6.52. The van der Waals surface area contributed by atoms with Crippen LogP contribution in [0.25, 0.3) is 0 Å². The van der Waals surface area contributed by atoms with Gasteiger partial charge in [-0.05, 0) is 38.3 Å². The molecule has 0 aliphatic rings. The number of hydrogen-bond acceptors (Lipinski definition) is 5. The summed E-state index contributed by atoms with van der Waals surface area (Å²) in [5.74, 6) is 0.776. The van der Waals surface area contributed by atoms with Crippen LogP contribution in [-0.2, 0) is 22.0 Å². The summed E-state index contributed by atoms with van der Waals surface area (Å²) in [4.78, 5) is 8.71. The summed E-state index contributed by atoms with van der Waals surface area (Å²) in [6, 6.07) is 0.475. The van der Waals surface area contributed by atoms with Crippen LogP contribution in [-0.4, -0.2) is 37.2 Å². The molecule has 0 bridgehead atoms. The monoisotopic (exact) mass is 313 g/mol. The standard InChI is InChI=1S/C15H27N3O2S/c1-10(2)16-8-11(3)7-14-12(4)17-15(18-13(14)5)9-21(6,19)20/h10-11,16H,7-9H2,1-6H3. The molecule has 0 aliphatic heterocycles. The van der Waals surface area contributed by atoms with Gasteiger partial charge in [0.2, 0.25) is 0 Å². The van der Waals surface area contributed by atoms with Crippen LogP contribution in [0.4, 0.5) is 0 Å². The first kappa shape index (κ1) is 18.0. The maximum Gasteiger partial charge on any atom is 0.154 e. The molecular weight excluding hydrogens is 286 g/mol. The van der Waals surface area contributed by atoms with E-state index < -0.39 is 9.84 Å². The Morgan fingerprint density at radius 2 is 1.62 bits per heavy atom. The van der Waals surface area contributed by atoms with Crippen molar-refractivity contribution in [3.63, 3.8) is 0 Å². The molecule has 1 unspecified atom stereocenters. The summed E-state index contributed by atoms with van der Waals surface area (Å²) in [5, 5.41) is 3.43. The van der Waals surface area contributed by atoms with Crippen LogP contribution in [0.3, 0.4) is 0 Å². The zero-order valence-electron chi connectivity index (χ0n) is 13.9. The summed E-state index contributed by atoms with van der Waals surface area (Å²) < 4.78 is 22.7. The molecule has 0 aromatic carbocycles. The van der Waals surface area contributed by atoms with E-state index in [2.05, 4.69) is 36.1 Å².